The van der Waals surface area contributed by atoms with E-state index in [1.54, 1.807) is 6.92 Å². The molecule has 1 aliphatic rings. The Hall–Kier alpha value is -2.23. The van der Waals surface area contributed by atoms with Crippen LogP contribution in [0.15, 0.2) is 18.2 Å². The number of carbonyl (C=O) groups is 2. The van der Waals surface area contributed by atoms with Crippen LogP contribution in [0.3, 0.4) is 0 Å². The maximum absolute atomic E-state index is 12.5. The Morgan fingerprint density at radius 3 is 2.39 bits per heavy atom. The van der Waals surface area contributed by atoms with E-state index in [-0.39, 0.29) is 28.6 Å². The van der Waals surface area contributed by atoms with Crippen LogP contribution in [0.4, 0.5) is 11.4 Å². The molecule has 1 unspecified atom stereocenters. The second-order valence-corrected chi connectivity index (χ2v) is 7.53. The predicted octanol–water partition coefficient (Wildman–Crippen LogP) is 1.72. The Kier molecular flexibility index (Phi) is 7.73. The summed E-state index contributed by atoms with van der Waals surface area (Å²) in [6.07, 6.45) is 0. The van der Waals surface area contributed by atoms with Gasteiger partial charge < -0.3 is 10.6 Å². The van der Waals surface area contributed by atoms with Gasteiger partial charge in [-0.3, -0.25) is 29.5 Å². The van der Waals surface area contributed by atoms with Gasteiger partial charge in [0.15, 0.2) is 0 Å². The van der Waals surface area contributed by atoms with Gasteiger partial charge in [0.1, 0.15) is 0 Å². The van der Waals surface area contributed by atoms with Crippen LogP contribution in [0.25, 0.3) is 0 Å². The van der Waals surface area contributed by atoms with Gasteiger partial charge in [0, 0.05) is 44.4 Å². The maximum atomic E-state index is 12.5. The molecule has 1 heterocycles. The predicted molar refractivity (Wildman–Crippen MR) is 107 cm³/mol. The standard InChI is InChI=1S/C18H26ClN5O4/c1-12(2)20-17(25)11-22-6-8-23(9-7-22)13(3)18(26)21-16-5-4-14(24(27)28)10-15(16)19/h4-5,10,12-13H,6-9,11H2,1-3H3,(H,20,25)(H,21,26). The quantitative estimate of drug-likeness (QED) is 0.522. The van der Waals surface area contributed by atoms with Crippen LogP contribution in [-0.4, -0.2) is 71.3 Å². The monoisotopic (exact) mass is 411 g/mol. The van der Waals surface area contributed by atoms with Gasteiger partial charge in [-0.2, -0.15) is 0 Å². The van der Waals surface area contributed by atoms with Crippen molar-refractivity contribution < 1.29 is 14.5 Å². The Bertz CT molecular complexity index is 735. The van der Waals surface area contributed by atoms with Crippen molar-refractivity contribution in [2.75, 3.05) is 38.0 Å². The lowest BCUT2D eigenvalue weighted by atomic mass is 10.2. The molecular weight excluding hydrogens is 386 g/mol. The molecule has 154 valence electrons. The van der Waals surface area contributed by atoms with Crippen LogP contribution in [0.5, 0.6) is 0 Å². The van der Waals surface area contributed by atoms with Crippen LogP contribution in [-0.2, 0) is 9.59 Å². The number of nitrogens with one attached hydrogen (secondary N) is 2. The lowest BCUT2D eigenvalue weighted by Crippen LogP contribution is -2.54. The highest BCUT2D eigenvalue weighted by molar-refractivity contribution is 6.34. The molecule has 0 bridgehead atoms. The summed E-state index contributed by atoms with van der Waals surface area (Å²) in [7, 11) is 0. The minimum absolute atomic E-state index is 0.00190. The number of nitro benzene ring substituents is 1. The molecule has 0 aromatic heterocycles. The zero-order chi connectivity index (χ0) is 20.8. The molecule has 1 aromatic rings. The number of piperazine rings is 1. The van der Waals surface area contributed by atoms with Crippen molar-refractivity contribution in [1.82, 2.24) is 15.1 Å². The van der Waals surface area contributed by atoms with Crippen LogP contribution >= 0.6 is 11.6 Å². The van der Waals surface area contributed by atoms with Gasteiger partial charge in [0.05, 0.1) is 28.2 Å². The average molecular weight is 412 g/mol. The van der Waals surface area contributed by atoms with E-state index < -0.39 is 11.0 Å². The van der Waals surface area contributed by atoms with Gasteiger partial charge in [-0.05, 0) is 26.8 Å². The second kappa shape index (κ2) is 9.81. The lowest BCUT2D eigenvalue weighted by Gasteiger charge is -2.37. The third-order valence-corrected chi connectivity index (χ3v) is 4.88. The fourth-order valence-corrected chi connectivity index (χ4v) is 3.22. The number of rotatable bonds is 7. The third kappa shape index (κ3) is 6.15. The topological polar surface area (TPSA) is 108 Å². The second-order valence-electron chi connectivity index (χ2n) is 7.12. The van der Waals surface area contributed by atoms with Crippen molar-refractivity contribution in [2.24, 2.45) is 0 Å². The fraction of sp³-hybridized carbons (Fsp3) is 0.556. The lowest BCUT2D eigenvalue weighted by molar-refractivity contribution is -0.384. The van der Waals surface area contributed by atoms with E-state index in [1.807, 2.05) is 18.7 Å². The first-order valence-corrected chi connectivity index (χ1v) is 9.55. The summed E-state index contributed by atoms with van der Waals surface area (Å²) in [6, 6.07) is 3.66. The Balaban J connectivity index is 1.86. The minimum Gasteiger partial charge on any atom is -0.353 e. The summed E-state index contributed by atoms with van der Waals surface area (Å²) in [5.74, 6) is -0.233. The number of halogens is 1. The van der Waals surface area contributed by atoms with E-state index >= 15 is 0 Å². The molecule has 1 saturated heterocycles. The molecule has 10 heteroatoms. The fourth-order valence-electron chi connectivity index (χ4n) is 3.00. The third-order valence-electron chi connectivity index (χ3n) is 4.57. The highest BCUT2D eigenvalue weighted by Gasteiger charge is 2.27. The van der Waals surface area contributed by atoms with Crippen molar-refractivity contribution in [3.63, 3.8) is 0 Å². The number of anilines is 1. The molecule has 0 spiro atoms. The van der Waals surface area contributed by atoms with Crippen molar-refractivity contribution in [1.29, 1.82) is 0 Å². The zero-order valence-corrected chi connectivity index (χ0v) is 17.0. The van der Waals surface area contributed by atoms with E-state index in [9.17, 15) is 19.7 Å². The summed E-state index contributed by atoms with van der Waals surface area (Å²) in [5, 5.41) is 16.5. The smallest absolute Gasteiger partial charge is 0.271 e. The molecule has 2 N–H and O–H groups in total. The molecule has 1 aliphatic heterocycles. The summed E-state index contributed by atoms with van der Waals surface area (Å²) in [6.45, 7) is 8.72. The molecule has 28 heavy (non-hydrogen) atoms. The number of nitro groups is 1. The van der Waals surface area contributed by atoms with Gasteiger partial charge in [-0.1, -0.05) is 11.6 Å². The molecule has 0 aliphatic carbocycles. The normalized spacial score (nSPS) is 16.6. The van der Waals surface area contributed by atoms with Crippen molar-refractivity contribution >= 4 is 34.8 Å². The average Bonchev–Trinajstić information content (AvgIpc) is 2.62. The van der Waals surface area contributed by atoms with Crippen LogP contribution in [0, 0.1) is 10.1 Å². The molecule has 9 nitrogen and oxygen atoms in total. The van der Waals surface area contributed by atoms with Gasteiger partial charge >= 0.3 is 0 Å². The minimum atomic E-state index is -0.541. The van der Waals surface area contributed by atoms with E-state index in [2.05, 4.69) is 15.5 Å². The Labute approximate surface area is 169 Å². The summed E-state index contributed by atoms with van der Waals surface area (Å²) in [5.41, 5.74) is 0.210. The SMILES string of the molecule is CC(C)NC(=O)CN1CCN(C(C)C(=O)Nc2ccc([N+](=O)[O-])cc2Cl)CC1. The maximum Gasteiger partial charge on any atom is 0.271 e. The molecule has 1 fully saturated rings. The Morgan fingerprint density at radius 1 is 1.21 bits per heavy atom. The highest BCUT2D eigenvalue weighted by atomic mass is 35.5. The van der Waals surface area contributed by atoms with Gasteiger partial charge in [0.25, 0.3) is 5.69 Å². The number of nitrogens with zero attached hydrogens (tertiary/aromatic N) is 3. The van der Waals surface area contributed by atoms with Crippen LogP contribution in [0.1, 0.15) is 20.8 Å². The first-order chi connectivity index (χ1) is 13.2. The number of benzene rings is 1. The molecule has 2 rings (SSSR count). The van der Waals surface area contributed by atoms with Gasteiger partial charge in [-0.25, -0.2) is 0 Å². The number of hydrogen-bond donors (Lipinski definition) is 2. The number of amides is 2. The van der Waals surface area contributed by atoms with Crippen LogP contribution < -0.4 is 10.6 Å². The number of hydrogen-bond acceptors (Lipinski definition) is 6. The van der Waals surface area contributed by atoms with Crippen molar-refractivity contribution in [2.45, 2.75) is 32.9 Å². The first-order valence-electron chi connectivity index (χ1n) is 9.18. The number of carbonyl (C=O) groups excluding carboxylic acids is 2. The first kappa shape index (κ1) is 22.1. The zero-order valence-electron chi connectivity index (χ0n) is 16.3. The summed E-state index contributed by atoms with van der Waals surface area (Å²) < 4.78 is 0. The van der Waals surface area contributed by atoms with E-state index in [4.69, 9.17) is 11.6 Å². The summed E-state index contributed by atoms with van der Waals surface area (Å²) in [4.78, 5) is 38.7. The number of non-ortho nitro benzene ring substituents is 1. The van der Waals surface area contributed by atoms with Gasteiger partial charge in [-0.15, -0.1) is 0 Å². The van der Waals surface area contributed by atoms with Crippen LogP contribution in [0.2, 0.25) is 5.02 Å². The van der Waals surface area contributed by atoms with Gasteiger partial charge in [0.2, 0.25) is 11.8 Å². The molecule has 1 aromatic carbocycles. The van der Waals surface area contributed by atoms with Crippen molar-refractivity contribution in [3.8, 4) is 0 Å². The van der Waals surface area contributed by atoms with Crippen molar-refractivity contribution in [3.05, 3.63) is 33.3 Å². The molecular formula is C18H26ClN5O4. The van der Waals surface area contributed by atoms with E-state index in [1.165, 1.54) is 18.2 Å². The molecule has 1 atom stereocenters. The molecule has 0 radical (unpaired) electrons. The Morgan fingerprint density at radius 2 is 1.86 bits per heavy atom. The largest absolute Gasteiger partial charge is 0.353 e. The van der Waals surface area contributed by atoms with E-state index in [0.717, 1.165) is 0 Å². The molecule has 2 amide bonds. The highest BCUT2D eigenvalue weighted by Crippen LogP contribution is 2.27. The van der Waals surface area contributed by atoms with E-state index in [0.29, 0.717) is 38.4 Å². The molecule has 0 saturated carbocycles. The summed E-state index contributed by atoms with van der Waals surface area (Å²) >= 11 is 6.03.